The molecule has 0 spiro atoms. The second kappa shape index (κ2) is 7.54. The van der Waals surface area contributed by atoms with E-state index < -0.39 is 10.0 Å². The molecular weight excluding hydrogens is 338 g/mol. The Morgan fingerprint density at radius 1 is 1.08 bits per heavy atom. The molecule has 1 amide bonds. The summed E-state index contributed by atoms with van der Waals surface area (Å²) in [6.07, 6.45) is 5.34. The summed E-state index contributed by atoms with van der Waals surface area (Å²) in [4.78, 5) is 14.5. The minimum absolute atomic E-state index is 0.115. The van der Waals surface area contributed by atoms with Crippen LogP contribution in [-0.2, 0) is 14.8 Å². The molecule has 1 heterocycles. The number of sulfonamides is 1. The molecular formula is C18H23N3O3S. The lowest BCUT2D eigenvalue weighted by Gasteiger charge is -2.36. The topological polar surface area (TPSA) is 81.5 Å². The zero-order valence-corrected chi connectivity index (χ0v) is 15.0. The third kappa shape index (κ3) is 3.86. The Kier molecular flexibility index (Phi) is 5.40. The first kappa shape index (κ1) is 17.9. The summed E-state index contributed by atoms with van der Waals surface area (Å²) in [5.41, 5.74) is 0.326. The highest BCUT2D eigenvalue weighted by atomic mass is 32.2. The summed E-state index contributed by atoms with van der Waals surface area (Å²) >= 11 is 0. The van der Waals surface area contributed by atoms with Crippen LogP contribution in [0.3, 0.4) is 0 Å². The number of rotatable bonds is 3. The van der Waals surface area contributed by atoms with Crippen molar-refractivity contribution < 1.29 is 13.2 Å². The molecule has 0 unspecified atom stereocenters. The van der Waals surface area contributed by atoms with Gasteiger partial charge in [-0.25, -0.2) is 8.42 Å². The highest BCUT2D eigenvalue weighted by Crippen LogP contribution is 2.26. The normalized spacial score (nSPS) is 20.2. The average molecular weight is 361 g/mol. The van der Waals surface area contributed by atoms with Gasteiger partial charge in [-0.2, -0.15) is 9.57 Å². The van der Waals surface area contributed by atoms with Crippen molar-refractivity contribution in [3.63, 3.8) is 0 Å². The second-order valence-electron chi connectivity index (χ2n) is 6.70. The number of nitriles is 1. The van der Waals surface area contributed by atoms with Gasteiger partial charge in [0.2, 0.25) is 15.9 Å². The van der Waals surface area contributed by atoms with Crippen LogP contribution in [0.15, 0.2) is 29.2 Å². The van der Waals surface area contributed by atoms with Crippen LogP contribution in [0.25, 0.3) is 0 Å². The fourth-order valence-corrected chi connectivity index (χ4v) is 5.10. The van der Waals surface area contributed by atoms with Crippen LogP contribution in [0.5, 0.6) is 0 Å². The van der Waals surface area contributed by atoms with Crippen molar-refractivity contribution in [2.75, 3.05) is 26.2 Å². The van der Waals surface area contributed by atoms with E-state index in [1.807, 2.05) is 11.0 Å². The van der Waals surface area contributed by atoms with Crippen molar-refractivity contribution in [3.05, 3.63) is 29.8 Å². The van der Waals surface area contributed by atoms with Crippen molar-refractivity contribution in [2.45, 2.75) is 37.0 Å². The summed E-state index contributed by atoms with van der Waals surface area (Å²) in [5, 5.41) is 8.96. The van der Waals surface area contributed by atoms with Crippen LogP contribution in [0, 0.1) is 17.2 Å². The Balaban J connectivity index is 1.65. The zero-order valence-electron chi connectivity index (χ0n) is 14.2. The third-order valence-electron chi connectivity index (χ3n) is 5.11. The first-order valence-corrected chi connectivity index (χ1v) is 10.3. The van der Waals surface area contributed by atoms with Gasteiger partial charge in [-0.05, 0) is 31.0 Å². The van der Waals surface area contributed by atoms with Gasteiger partial charge >= 0.3 is 0 Å². The number of carbonyl (C=O) groups excluding carboxylic acids is 1. The lowest BCUT2D eigenvalue weighted by atomic mass is 9.88. The van der Waals surface area contributed by atoms with Gasteiger partial charge in [-0.1, -0.05) is 25.3 Å². The van der Waals surface area contributed by atoms with Crippen LogP contribution < -0.4 is 0 Å². The van der Waals surface area contributed by atoms with E-state index in [0.29, 0.717) is 31.7 Å². The highest BCUT2D eigenvalue weighted by Gasteiger charge is 2.32. The minimum Gasteiger partial charge on any atom is -0.340 e. The van der Waals surface area contributed by atoms with Crippen LogP contribution in [0.4, 0.5) is 0 Å². The van der Waals surface area contributed by atoms with Gasteiger partial charge < -0.3 is 4.90 Å². The average Bonchev–Trinajstić information content (AvgIpc) is 2.68. The standard InChI is InChI=1S/C18H23N3O3S/c19-14-15-5-4-8-17(13-15)25(23,24)21-11-9-20(10-12-21)18(22)16-6-2-1-3-7-16/h4-5,8,13,16H,1-3,6-7,9-12H2. The Bertz CT molecular complexity index is 771. The molecule has 1 aromatic rings. The maximum absolute atomic E-state index is 12.7. The van der Waals surface area contributed by atoms with Crippen LogP contribution in [-0.4, -0.2) is 49.7 Å². The van der Waals surface area contributed by atoms with Crippen LogP contribution in [0.1, 0.15) is 37.7 Å². The molecule has 25 heavy (non-hydrogen) atoms. The lowest BCUT2D eigenvalue weighted by Crippen LogP contribution is -2.52. The van der Waals surface area contributed by atoms with E-state index >= 15 is 0 Å². The molecule has 3 rings (SSSR count). The summed E-state index contributed by atoms with van der Waals surface area (Å²) in [6, 6.07) is 8.03. The number of benzene rings is 1. The van der Waals surface area contributed by atoms with Crippen LogP contribution >= 0.6 is 0 Å². The Labute approximate surface area is 149 Å². The van der Waals surface area contributed by atoms with Crippen LogP contribution in [0.2, 0.25) is 0 Å². The van der Waals surface area contributed by atoms with Crippen molar-refractivity contribution >= 4 is 15.9 Å². The van der Waals surface area contributed by atoms with Gasteiger partial charge in [0.25, 0.3) is 0 Å². The van der Waals surface area contributed by atoms with Crippen molar-refractivity contribution in [1.82, 2.24) is 9.21 Å². The predicted molar refractivity (Wildman–Crippen MR) is 93.1 cm³/mol. The fourth-order valence-electron chi connectivity index (χ4n) is 3.63. The fraction of sp³-hybridized carbons (Fsp3) is 0.556. The lowest BCUT2D eigenvalue weighted by molar-refractivity contribution is -0.137. The quantitative estimate of drug-likeness (QED) is 0.824. The molecule has 134 valence electrons. The predicted octanol–water partition coefficient (Wildman–Crippen LogP) is 1.97. The maximum atomic E-state index is 12.7. The molecule has 0 aromatic heterocycles. The van der Waals surface area contributed by atoms with E-state index in [0.717, 1.165) is 25.7 Å². The minimum atomic E-state index is -3.62. The summed E-state index contributed by atoms with van der Waals surface area (Å²) in [6.45, 7) is 1.48. The number of nitrogens with zero attached hydrogens (tertiary/aromatic N) is 3. The molecule has 7 heteroatoms. The second-order valence-corrected chi connectivity index (χ2v) is 8.64. The molecule has 2 aliphatic rings. The largest absolute Gasteiger partial charge is 0.340 e. The third-order valence-corrected chi connectivity index (χ3v) is 7.00. The van der Waals surface area contributed by atoms with Gasteiger partial charge in [-0.15, -0.1) is 0 Å². The number of amides is 1. The first-order valence-electron chi connectivity index (χ1n) is 8.81. The summed E-state index contributed by atoms with van der Waals surface area (Å²) in [5.74, 6) is 0.299. The number of hydrogen-bond donors (Lipinski definition) is 0. The zero-order chi connectivity index (χ0) is 17.9. The number of piperazine rings is 1. The molecule has 1 saturated heterocycles. The molecule has 0 bridgehead atoms. The molecule has 1 aromatic carbocycles. The molecule has 0 radical (unpaired) electrons. The molecule has 1 saturated carbocycles. The Hall–Kier alpha value is -1.91. The number of hydrogen-bond acceptors (Lipinski definition) is 4. The molecule has 0 N–H and O–H groups in total. The van der Waals surface area contributed by atoms with Crippen molar-refractivity contribution in [3.8, 4) is 6.07 Å². The molecule has 1 aliphatic heterocycles. The molecule has 1 aliphatic carbocycles. The smallest absolute Gasteiger partial charge is 0.243 e. The van der Waals surface area contributed by atoms with E-state index in [4.69, 9.17) is 5.26 Å². The highest BCUT2D eigenvalue weighted by molar-refractivity contribution is 7.89. The maximum Gasteiger partial charge on any atom is 0.243 e. The van der Waals surface area contributed by atoms with Gasteiger partial charge in [0, 0.05) is 32.1 Å². The van der Waals surface area contributed by atoms with E-state index in [2.05, 4.69) is 0 Å². The van der Waals surface area contributed by atoms with Gasteiger partial charge in [0.15, 0.2) is 0 Å². The van der Waals surface area contributed by atoms with Gasteiger partial charge in [-0.3, -0.25) is 4.79 Å². The van der Waals surface area contributed by atoms with Crippen molar-refractivity contribution in [1.29, 1.82) is 5.26 Å². The SMILES string of the molecule is N#Cc1cccc(S(=O)(=O)N2CCN(C(=O)C3CCCCC3)CC2)c1. The van der Waals surface area contributed by atoms with E-state index in [-0.39, 0.29) is 16.7 Å². The van der Waals surface area contributed by atoms with E-state index in [9.17, 15) is 13.2 Å². The first-order chi connectivity index (χ1) is 12.0. The molecule has 0 atom stereocenters. The van der Waals surface area contributed by atoms with Gasteiger partial charge in [0.05, 0.1) is 16.5 Å². The van der Waals surface area contributed by atoms with Crippen molar-refractivity contribution in [2.24, 2.45) is 5.92 Å². The number of carbonyl (C=O) groups is 1. The van der Waals surface area contributed by atoms with Gasteiger partial charge in [0.1, 0.15) is 0 Å². The Morgan fingerprint density at radius 2 is 1.76 bits per heavy atom. The summed E-state index contributed by atoms with van der Waals surface area (Å²) in [7, 11) is -3.62. The monoisotopic (exact) mass is 361 g/mol. The Morgan fingerprint density at radius 3 is 2.40 bits per heavy atom. The molecule has 2 fully saturated rings. The van der Waals surface area contributed by atoms with E-state index in [1.165, 1.54) is 22.9 Å². The van der Waals surface area contributed by atoms with E-state index in [1.54, 1.807) is 12.1 Å². The summed E-state index contributed by atoms with van der Waals surface area (Å²) < 4.78 is 26.9. The molecule has 6 nitrogen and oxygen atoms in total.